The summed E-state index contributed by atoms with van der Waals surface area (Å²) < 4.78 is 24.4. The van der Waals surface area contributed by atoms with Gasteiger partial charge in [0.05, 0.1) is 62.2 Å². The smallest absolute Gasteiger partial charge is 0.118 e. The van der Waals surface area contributed by atoms with Crippen molar-refractivity contribution < 1.29 is 18.9 Å². The molecule has 0 saturated heterocycles. The maximum Gasteiger partial charge on any atom is 0.118 e. The van der Waals surface area contributed by atoms with Crippen molar-refractivity contribution in [2.24, 2.45) is 7.05 Å². The molecule has 0 saturated carbocycles. The Kier molecular flexibility index (Phi) is 9.14. The van der Waals surface area contributed by atoms with E-state index in [9.17, 15) is 0 Å². The van der Waals surface area contributed by atoms with E-state index >= 15 is 0 Å². The van der Waals surface area contributed by atoms with Crippen LogP contribution in [0.2, 0.25) is 0 Å². The fourth-order valence-electron chi connectivity index (χ4n) is 7.75. The molecule has 5 heterocycles. The Bertz CT molecular complexity index is 2670. The molecule has 280 valence electrons. The molecular weight excluding hydrogens is 709 g/mol. The Balaban J connectivity index is 1.46. The van der Waals surface area contributed by atoms with E-state index in [1.165, 1.54) is 0 Å². The normalized spacial score (nSPS) is 11.8. The number of nitrogens with one attached hydrogen (secondary N) is 1. The summed E-state index contributed by atoms with van der Waals surface area (Å²) in [5.74, 6) is 3.13. The van der Waals surface area contributed by atoms with Gasteiger partial charge in [-0.2, -0.15) is 0 Å². The van der Waals surface area contributed by atoms with E-state index in [4.69, 9.17) is 28.9 Å². The van der Waals surface area contributed by atoms with Gasteiger partial charge >= 0.3 is 0 Å². The first kappa shape index (κ1) is 35.4. The average molecular weight is 749 g/mol. The number of hydrogen-bond acceptors (Lipinski definition) is 6. The van der Waals surface area contributed by atoms with Crippen LogP contribution in [0.15, 0.2) is 121 Å². The van der Waals surface area contributed by atoms with E-state index in [-0.39, 0.29) is 0 Å². The number of hydrogen-bond donors (Lipinski definition) is 1. The second-order valence-corrected chi connectivity index (χ2v) is 13.8. The summed E-state index contributed by atoms with van der Waals surface area (Å²) in [6.07, 6.45) is 8.43. The SMILES string of the molecule is COc1ccc(-c2c3nc(c(-c4ccc(OC)cc4)c4ccc(c(-c5ccc(OC)cc5)c5nc(c(-c6ccc(OC)cc6)c6ccc2[nH]6)C=C5)n4C)C=C3)cc1. The molecule has 9 rings (SSSR count). The van der Waals surface area contributed by atoms with Gasteiger partial charge in [-0.25, -0.2) is 9.97 Å². The number of aromatic amines is 1. The molecule has 0 radical (unpaired) electrons. The predicted octanol–water partition coefficient (Wildman–Crippen LogP) is 11.4. The van der Waals surface area contributed by atoms with E-state index in [0.717, 1.165) is 112 Å². The summed E-state index contributed by atoms with van der Waals surface area (Å²) >= 11 is 0. The molecule has 8 bridgehead atoms. The topological polar surface area (TPSA) is 83.4 Å². The van der Waals surface area contributed by atoms with Crippen molar-refractivity contribution in [2.75, 3.05) is 28.4 Å². The average Bonchev–Trinajstić information content (AvgIpc) is 4.10. The number of rotatable bonds is 8. The van der Waals surface area contributed by atoms with Gasteiger partial charge in [-0.05, 0) is 119 Å². The Morgan fingerprint density at radius 1 is 0.368 bits per heavy atom. The molecule has 4 aromatic carbocycles. The lowest BCUT2D eigenvalue weighted by Gasteiger charge is -2.11. The molecule has 0 aliphatic carbocycles. The largest absolute Gasteiger partial charge is 0.497 e. The van der Waals surface area contributed by atoms with Crippen molar-refractivity contribution in [3.8, 4) is 67.5 Å². The lowest BCUT2D eigenvalue weighted by atomic mass is 10.0. The molecule has 8 nitrogen and oxygen atoms in total. The van der Waals surface area contributed by atoms with Crippen LogP contribution in [0.5, 0.6) is 23.0 Å². The van der Waals surface area contributed by atoms with Crippen LogP contribution in [0.3, 0.4) is 0 Å². The third kappa shape index (κ3) is 6.41. The van der Waals surface area contributed by atoms with Crippen LogP contribution < -0.4 is 18.9 Å². The molecule has 7 aromatic rings. The number of benzene rings is 4. The first-order valence-electron chi connectivity index (χ1n) is 18.7. The minimum atomic E-state index is 0.782. The van der Waals surface area contributed by atoms with Crippen LogP contribution in [0.25, 0.3) is 90.9 Å². The predicted molar refractivity (Wildman–Crippen MR) is 231 cm³/mol. The van der Waals surface area contributed by atoms with E-state index in [1.54, 1.807) is 28.4 Å². The Labute approximate surface area is 331 Å². The lowest BCUT2D eigenvalue weighted by Crippen LogP contribution is -1.95. The maximum atomic E-state index is 5.56. The summed E-state index contributed by atoms with van der Waals surface area (Å²) in [6, 6.07) is 41.2. The number of methoxy groups -OCH3 is 4. The highest BCUT2D eigenvalue weighted by atomic mass is 16.5. The van der Waals surface area contributed by atoms with Crippen molar-refractivity contribution in [2.45, 2.75) is 0 Å². The molecule has 2 aliphatic rings. The van der Waals surface area contributed by atoms with Gasteiger partial charge in [0.15, 0.2) is 0 Å². The van der Waals surface area contributed by atoms with Crippen molar-refractivity contribution in [3.05, 3.63) is 144 Å². The Hall–Kier alpha value is -7.32. The van der Waals surface area contributed by atoms with E-state index in [0.29, 0.717) is 0 Å². The molecule has 0 fully saturated rings. The molecule has 1 N–H and O–H groups in total. The second-order valence-electron chi connectivity index (χ2n) is 13.8. The highest BCUT2D eigenvalue weighted by Gasteiger charge is 2.20. The maximum absolute atomic E-state index is 5.56. The molecule has 0 atom stereocenters. The zero-order chi connectivity index (χ0) is 39.0. The van der Waals surface area contributed by atoms with E-state index in [2.05, 4.69) is 114 Å². The quantitative estimate of drug-likeness (QED) is 0.167. The first-order valence-corrected chi connectivity index (χ1v) is 18.7. The zero-order valence-corrected chi connectivity index (χ0v) is 32.3. The second kappa shape index (κ2) is 14.7. The van der Waals surface area contributed by atoms with Crippen molar-refractivity contribution in [1.29, 1.82) is 0 Å². The van der Waals surface area contributed by atoms with Crippen molar-refractivity contribution in [1.82, 2.24) is 19.5 Å². The molecule has 0 amide bonds. The van der Waals surface area contributed by atoms with E-state index in [1.807, 2.05) is 48.5 Å². The fraction of sp³-hybridized carbons (Fsp3) is 0.102. The van der Waals surface area contributed by atoms with Gasteiger partial charge in [0.1, 0.15) is 23.0 Å². The molecule has 0 spiro atoms. The van der Waals surface area contributed by atoms with Gasteiger partial charge in [-0.15, -0.1) is 0 Å². The Morgan fingerprint density at radius 3 is 0.947 bits per heavy atom. The Morgan fingerprint density at radius 2 is 0.649 bits per heavy atom. The fourth-order valence-corrected chi connectivity index (χ4v) is 7.75. The first-order chi connectivity index (χ1) is 28.0. The molecule has 2 aliphatic heterocycles. The van der Waals surface area contributed by atoms with Crippen LogP contribution in [-0.4, -0.2) is 48.0 Å². The summed E-state index contributed by atoms with van der Waals surface area (Å²) in [4.78, 5) is 14.7. The van der Waals surface area contributed by atoms with Gasteiger partial charge in [0, 0.05) is 40.3 Å². The van der Waals surface area contributed by atoms with Crippen LogP contribution in [-0.2, 0) is 7.05 Å². The standard InChI is InChI=1S/C49H40N4O4/c1-53-44-28-29-45(53)49(33-12-20-37(57-5)21-13-33)43-27-25-41(52-43)47(31-8-16-35(55-3)17-9-31)39-23-22-38(50-39)46(30-6-14-34(54-2)15-7-30)40-24-26-42(51-40)48(44)32-10-18-36(56-4)19-11-32/h6-29,50H,1-5H3. The van der Waals surface area contributed by atoms with Gasteiger partial charge < -0.3 is 28.5 Å². The highest BCUT2D eigenvalue weighted by molar-refractivity contribution is 6.00. The van der Waals surface area contributed by atoms with Crippen molar-refractivity contribution in [3.63, 3.8) is 0 Å². The summed E-state index contributed by atoms with van der Waals surface area (Å²) in [5.41, 5.74) is 15.1. The number of nitrogens with zero attached hydrogens (tertiary/aromatic N) is 3. The number of H-pyrrole nitrogens is 1. The minimum absolute atomic E-state index is 0.782. The zero-order valence-electron chi connectivity index (χ0n) is 32.3. The summed E-state index contributed by atoms with van der Waals surface area (Å²) in [6.45, 7) is 0. The highest BCUT2D eigenvalue weighted by Crippen LogP contribution is 2.40. The monoisotopic (exact) mass is 748 g/mol. The molecule has 8 heteroatoms. The minimum Gasteiger partial charge on any atom is -0.497 e. The molecule has 57 heavy (non-hydrogen) atoms. The van der Waals surface area contributed by atoms with Crippen molar-refractivity contribution >= 4 is 46.4 Å². The molecule has 0 unspecified atom stereocenters. The molecule has 3 aromatic heterocycles. The van der Waals surface area contributed by atoms with Gasteiger partial charge in [0.2, 0.25) is 0 Å². The summed E-state index contributed by atoms with van der Waals surface area (Å²) in [5, 5.41) is 0. The summed E-state index contributed by atoms with van der Waals surface area (Å²) in [7, 11) is 8.84. The molecular formula is C49H40N4O4. The number of aryl methyl sites for hydroxylation is 1. The van der Waals surface area contributed by atoms with E-state index < -0.39 is 0 Å². The van der Waals surface area contributed by atoms with Crippen LogP contribution in [0.1, 0.15) is 22.8 Å². The number of ether oxygens (including phenoxy) is 4. The van der Waals surface area contributed by atoms with Gasteiger partial charge in [-0.3, -0.25) is 0 Å². The third-order valence-corrected chi connectivity index (χ3v) is 10.7. The van der Waals surface area contributed by atoms with Crippen LogP contribution in [0.4, 0.5) is 0 Å². The number of fused-ring (bicyclic) bond motifs is 8. The van der Waals surface area contributed by atoms with Gasteiger partial charge in [-0.1, -0.05) is 48.5 Å². The number of aromatic nitrogens is 4. The lowest BCUT2D eigenvalue weighted by molar-refractivity contribution is 0.415. The van der Waals surface area contributed by atoms with Gasteiger partial charge in [0.25, 0.3) is 0 Å². The van der Waals surface area contributed by atoms with Crippen LogP contribution in [0, 0.1) is 0 Å². The van der Waals surface area contributed by atoms with Crippen LogP contribution >= 0.6 is 0 Å². The third-order valence-electron chi connectivity index (χ3n) is 10.7.